The van der Waals surface area contributed by atoms with E-state index in [1.165, 1.54) is 17.8 Å². The van der Waals surface area contributed by atoms with Gasteiger partial charge >= 0.3 is 0 Å². The lowest BCUT2D eigenvalue weighted by atomic mass is 10.2. The number of nitro groups is 1. The number of nitriles is 1. The fourth-order valence-corrected chi connectivity index (χ4v) is 3.74. The zero-order valence-electron chi connectivity index (χ0n) is 13.7. The van der Waals surface area contributed by atoms with E-state index in [4.69, 9.17) is 10.00 Å². The summed E-state index contributed by atoms with van der Waals surface area (Å²) in [6, 6.07) is 8.13. The van der Waals surface area contributed by atoms with Crippen molar-refractivity contribution >= 4 is 23.4 Å². The molecule has 1 amide bonds. The zero-order valence-corrected chi connectivity index (χ0v) is 14.5. The summed E-state index contributed by atoms with van der Waals surface area (Å²) in [7, 11) is 0. The van der Waals surface area contributed by atoms with Crippen LogP contribution in [0.3, 0.4) is 0 Å². The van der Waals surface area contributed by atoms with Crippen LogP contribution in [0, 0.1) is 21.4 Å². The molecule has 0 aliphatic carbocycles. The molecule has 1 atom stereocenters. The summed E-state index contributed by atoms with van der Waals surface area (Å²) in [6.45, 7) is 2.40. The molecule has 1 aliphatic heterocycles. The zero-order chi connectivity index (χ0) is 18.1. The lowest BCUT2D eigenvalue weighted by Crippen LogP contribution is -2.52. The fraction of sp³-hybridized carbons (Fsp3) is 0.500. The van der Waals surface area contributed by atoms with Crippen LogP contribution in [0.1, 0.15) is 5.56 Å². The quantitative estimate of drug-likeness (QED) is 0.419. The van der Waals surface area contributed by atoms with Gasteiger partial charge in [-0.05, 0) is 0 Å². The summed E-state index contributed by atoms with van der Waals surface area (Å²) < 4.78 is 5.32. The van der Waals surface area contributed by atoms with Crippen molar-refractivity contribution < 1.29 is 14.5 Å². The first kappa shape index (κ1) is 19.2. The molecule has 0 bridgehead atoms. The molecule has 1 aromatic carbocycles. The minimum atomic E-state index is -0.394. The first-order valence-electron chi connectivity index (χ1n) is 7.90. The molecule has 25 heavy (non-hydrogen) atoms. The Morgan fingerprint density at radius 2 is 2.16 bits per heavy atom. The van der Waals surface area contributed by atoms with Gasteiger partial charge in [-0.15, -0.1) is 0 Å². The monoisotopic (exact) mass is 364 g/mol. The van der Waals surface area contributed by atoms with Crippen LogP contribution in [-0.4, -0.2) is 60.4 Å². The lowest BCUT2D eigenvalue weighted by molar-refractivity contribution is -0.385. The number of carbonyl (C=O) groups excluding carboxylic acids is 1. The van der Waals surface area contributed by atoms with E-state index >= 15 is 0 Å². The Morgan fingerprint density at radius 1 is 1.44 bits per heavy atom. The molecule has 1 aliphatic rings. The molecule has 2 rings (SSSR count). The van der Waals surface area contributed by atoms with Crippen molar-refractivity contribution in [1.82, 2.24) is 10.2 Å². The van der Waals surface area contributed by atoms with Gasteiger partial charge in [-0.25, -0.2) is 0 Å². The van der Waals surface area contributed by atoms with Gasteiger partial charge in [-0.3, -0.25) is 19.8 Å². The SMILES string of the molecule is N#CCNC(=O)[C@H](CSCc1ccccc1[N+](=O)[O-])N1CCOCC1. The number of ether oxygens (including phenoxy) is 1. The van der Waals surface area contributed by atoms with Gasteiger partial charge in [0.1, 0.15) is 6.54 Å². The molecule has 1 N–H and O–H groups in total. The summed E-state index contributed by atoms with van der Waals surface area (Å²) in [6.07, 6.45) is 0. The van der Waals surface area contributed by atoms with Crippen LogP contribution >= 0.6 is 11.8 Å². The van der Waals surface area contributed by atoms with Crippen molar-refractivity contribution in [3.63, 3.8) is 0 Å². The van der Waals surface area contributed by atoms with Gasteiger partial charge in [0, 0.05) is 36.2 Å². The second-order valence-corrected chi connectivity index (χ2v) is 6.47. The highest BCUT2D eigenvalue weighted by Crippen LogP contribution is 2.24. The molecule has 0 saturated carbocycles. The molecule has 0 aromatic heterocycles. The van der Waals surface area contributed by atoms with Gasteiger partial charge in [-0.1, -0.05) is 18.2 Å². The van der Waals surface area contributed by atoms with Gasteiger partial charge in [-0.2, -0.15) is 17.0 Å². The summed E-state index contributed by atoms with van der Waals surface area (Å²) in [5.74, 6) is 0.742. The van der Waals surface area contributed by atoms with Crippen molar-refractivity contribution in [2.75, 3.05) is 38.6 Å². The van der Waals surface area contributed by atoms with E-state index in [0.29, 0.717) is 43.4 Å². The smallest absolute Gasteiger partial charge is 0.273 e. The Balaban J connectivity index is 1.98. The van der Waals surface area contributed by atoms with Crippen LogP contribution in [-0.2, 0) is 15.3 Å². The van der Waals surface area contributed by atoms with Crippen molar-refractivity contribution in [3.05, 3.63) is 39.9 Å². The molecular weight excluding hydrogens is 344 g/mol. The van der Waals surface area contributed by atoms with E-state index in [2.05, 4.69) is 5.32 Å². The van der Waals surface area contributed by atoms with Gasteiger partial charge in [0.25, 0.3) is 5.69 Å². The Bertz CT molecular complexity index is 643. The number of morpholine rings is 1. The first-order chi connectivity index (χ1) is 12.1. The number of hydrogen-bond acceptors (Lipinski definition) is 7. The highest BCUT2D eigenvalue weighted by atomic mass is 32.2. The van der Waals surface area contributed by atoms with Crippen LogP contribution in [0.25, 0.3) is 0 Å². The van der Waals surface area contributed by atoms with Crippen LogP contribution in [0.5, 0.6) is 0 Å². The number of amides is 1. The van der Waals surface area contributed by atoms with E-state index in [-0.39, 0.29) is 24.2 Å². The minimum absolute atomic E-state index is 0.0332. The molecular formula is C16H20N4O4S. The van der Waals surface area contributed by atoms with Gasteiger partial charge in [0.2, 0.25) is 5.91 Å². The summed E-state index contributed by atoms with van der Waals surface area (Å²) in [4.78, 5) is 25.1. The number of para-hydroxylation sites is 1. The third-order valence-corrected chi connectivity index (χ3v) is 4.92. The number of nitro benzene ring substituents is 1. The Kier molecular flexibility index (Phi) is 7.66. The van der Waals surface area contributed by atoms with Gasteiger partial charge in [0.05, 0.1) is 30.2 Å². The molecule has 8 nitrogen and oxygen atoms in total. The van der Waals surface area contributed by atoms with E-state index < -0.39 is 4.92 Å². The average molecular weight is 364 g/mol. The average Bonchev–Trinajstić information content (AvgIpc) is 2.64. The predicted molar refractivity (Wildman–Crippen MR) is 94.1 cm³/mol. The fourth-order valence-electron chi connectivity index (χ4n) is 2.57. The number of nitrogens with zero attached hydrogens (tertiary/aromatic N) is 3. The summed E-state index contributed by atoms with van der Waals surface area (Å²) in [5.41, 5.74) is 0.725. The van der Waals surface area contributed by atoms with Crippen LogP contribution in [0.4, 0.5) is 5.69 Å². The Morgan fingerprint density at radius 3 is 2.84 bits per heavy atom. The molecule has 0 unspecified atom stereocenters. The van der Waals surface area contributed by atoms with Crippen LogP contribution in [0.2, 0.25) is 0 Å². The van der Waals surface area contributed by atoms with E-state index in [0.717, 1.165) is 0 Å². The normalized spacial score (nSPS) is 16.0. The standard InChI is InChI=1S/C16H20N4O4S/c17-5-6-18-16(21)15(19-7-9-24-10-8-19)12-25-11-13-3-1-2-4-14(13)20(22)23/h1-4,15H,6-12H2,(H,18,21)/t15-/m0/s1. The number of thioether (sulfide) groups is 1. The number of rotatable bonds is 8. The van der Waals surface area contributed by atoms with Crippen molar-refractivity contribution in [2.24, 2.45) is 0 Å². The maximum absolute atomic E-state index is 12.4. The maximum Gasteiger partial charge on any atom is 0.273 e. The number of nitrogens with one attached hydrogen (secondary N) is 1. The number of carbonyl (C=O) groups is 1. The molecule has 1 heterocycles. The maximum atomic E-state index is 12.4. The predicted octanol–water partition coefficient (Wildman–Crippen LogP) is 1.17. The highest BCUT2D eigenvalue weighted by Gasteiger charge is 2.27. The van der Waals surface area contributed by atoms with Crippen molar-refractivity contribution in [2.45, 2.75) is 11.8 Å². The van der Waals surface area contributed by atoms with E-state index in [1.54, 1.807) is 18.2 Å². The Labute approximate surface area is 150 Å². The molecule has 1 fully saturated rings. The topological polar surface area (TPSA) is 108 Å². The van der Waals surface area contributed by atoms with Crippen molar-refractivity contribution in [3.8, 4) is 6.07 Å². The largest absolute Gasteiger partial charge is 0.379 e. The summed E-state index contributed by atoms with van der Waals surface area (Å²) in [5, 5.41) is 22.3. The van der Waals surface area contributed by atoms with Gasteiger partial charge in [0.15, 0.2) is 0 Å². The van der Waals surface area contributed by atoms with Crippen molar-refractivity contribution in [1.29, 1.82) is 5.26 Å². The first-order valence-corrected chi connectivity index (χ1v) is 9.05. The third kappa shape index (κ3) is 5.70. The Hall–Kier alpha value is -2.15. The number of hydrogen-bond donors (Lipinski definition) is 1. The van der Waals surface area contributed by atoms with Crippen LogP contribution in [0.15, 0.2) is 24.3 Å². The minimum Gasteiger partial charge on any atom is -0.379 e. The van der Waals surface area contributed by atoms with E-state index in [9.17, 15) is 14.9 Å². The molecule has 1 aromatic rings. The molecule has 0 spiro atoms. The van der Waals surface area contributed by atoms with E-state index in [1.807, 2.05) is 11.0 Å². The lowest BCUT2D eigenvalue weighted by Gasteiger charge is -2.33. The second kappa shape index (κ2) is 9.98. The highest BCUT2D eigenvalue weighted by molar-refractivity contribution is 7.98. The van der Waals surface area contributed by atoms with Crippen LogP contribution < -0.4 is 5.32 Å². The number of benzene rings is 1. The molecule has 9 heteroatoms. The van der Waals surface area contributed by atoms with Gasteiger partial charge < -0.3 is 10.1 Å². The molecule has 134 valence electrons. The third-order valence-electron chi connectivity index (χ3n) is 3.85. The molecule has 0 radical (unpaired) electrons. The molecule has 1 saturated heterocycles. The summed E-state index contributed by atoms with van der Waals surface area (Å²) >= 11 is 1.47. The second-order valence-electron chi connectivity index (χ2n) is 5.44.